The standard InChI is InChI=1S/C17H18FNO3S/c1-22-17(15-8-5-9-16(18)12-15)13-19-23(20,21)11-10-14-6-3-2-4-7-14/h2-12,17,19H,13H2,1H3. The Bertz CT molecular complexity index is 760. The molecule has 4 nitrogen and oxygen atoms in total. The molecule has 1 unspecified atom stereocenters. The van der Waals surface area contributed by atoms with Crippen molar-refractivity contribution < 1.29 is 17.5 Å². The molecule has 0 radical (unpaired) electrons. The van der Waals surface area contributed by atoms with E-state index >= 15 is 0 Å². The van der Waals surface area contributed by atoms with Gasteiger partial charge in [0, 0.05) is 19.1 Å². The number of halogens is 1. The predicted molar refractivity (Wildman–Crippen MR) is 88.5 cm³/mol. The van der Waals surface area contributed by atoms with E-state index in [0.717, 1.165) is 11.0 Å². The van der Waals surface area contributed by atoms with Crippen LogP contribution in [0.2, 0.25) is 0 Å². The third-order valence-corrected chi connectivity index (χ3v) is 4.28. The number of benzene rings is 2. The van der Waals surface area contributed by atoms with E-state index in [0.29, 0.717) is 5.56 Å². The lowest BCUT2D eigenvalue weighted by atomic mass is 10.1. The second-order valence-corrected chi connectivity index (χ2v) is 6.54. The van der Waals surface area contributed by atoms with Gasteiger partial charge in [0.1, 0.15) is 5.82 Å². The maximum Gasteiger partial charge on any atom is 0.233 e. The van der Waals surface area contributed by atoms with Gasteiger partial charge >= 0.3 is 0 Å². The van der Waals surface area contributed by atoms with E-state index in [2.05, 4.69) is 4.72 Å². The lowest BCUT2D eigenvalue weighted by Gasteiger charge is -2.16. The van der Waals surface area contributed by atoms with Crippen molar-refractivity contribution in [3.05, 3.63) is 76.9 Å². The summed E-state index contributed by atoms with van der Waals surface area (Å²) in [5.74, 6) is -0.392. The fourth-order valence-electron chi connectivity index (χ4n) is 2.02. The van der Waals surface area contributed by atoms with Gasteiger partial charge in [-0.05, 0) is 29.3 Å². The summed E-state index contributed by atoms with van der Waals surface area (Å²) in [6.07, 6.45) is 0.942. The molecule has 0 aromatic heterocycles. The van der Waals surface area contributed by atoms with Gasteiger partial charge in [-0.15, -0.1) is 0 Å². The Morgan fingerprint density at radius 1 is 1.17 bits per heavy atom. The summed E-state index contributed by atoms with van der Waals surface area (Å²) in [5, 5.41) is 1.10. The Balaban J connectivity index is 2.01. The van der Waals surface area contributed by atoms with Crippen LogP contribution in [0, 0.1) is 5.82 Å². The largest absolute Gasteiger partial charge is 0.375 e. The van der Waals surface area contributed by atoms with Crippen LogP contribution in [0.15, 0.2) is 60.0 Å². The van der Waals surface area contributed by atoms with E-state index in [1.165, 1.54) is 25.3 Å². The van der Waals surface area contributed by atoms with E-state index < -0.39 is 21.9 Å². The Kier molecular flexibility index (Phi) is 6.04. The number of ether oxygens (including phenoxy) is 1. The van der Waals surface area contributed by atoms with Gasteiger partial charge in [-0.1, -0.05) is 42.5 Å². The molecule has 2 rings (SSSR count). The van der Waals surface area contributed by atoms with Crippen LogP contribution in [0.4, 0.5) is 4.39 Å². The first kappa shape index (κ1) is 17.3. The summed E-state index contributed by atoms with van der Waals surface area (Å²) in [5.41, 5.74) is 1.36. The summed E-state index contributed by atoms with van der Waals surface area (Å²) < 4.78 is 44.9. The molecule has 23 heavy (non-hydrogen) atoms. The number of methoxy groups -OCH3 is 1. The smallest absolute Gasteiger partial charge is 0.233 e. The molecule has 0 bridgehead atoms. The summed E-state index contributed by atoms with van der Waals surface area (Å²) >= 11 is 0. The highest BCUT2D eigenvalue weighted by atomic mass is 32.2. The van der Waals surface area contributed by atoms with Gasteiger partial charge in [-0.2, -0.15) is 0 Å². The number of hydrogen-bond acceptors (Lipinski definition) is 3. The lowest BCUT2D eigenvalue weighted by molar-refractivity contribution is 0.107. The fourth-order valence-corrected chi connectivity index (χ4v) is 2.83. The predicted octanol–water partition coefficient (Wildman–Crippen LogP) is 3.10. The molecule has 0 fully saturated rings. The third-order valence-electron chi connectivity index (χ3n) is 3.21. The van der Waals surface area contributed by atoms with Crippen LogP contribution in [0.3, 0.4) is 0 Å². The van der Waals surface area contributed by atoms with Gasteiger partial charge in [0.05, 0.1) is 6.10 Å². The van der Waals surface area contributed by atoms with Crippen molar-refractivity contribution in [1.29, 1.82) is 0 Å². The maximum atomic E-state index is 13.2. The van der Waals surface area contributed by atoms with Crippen molar-refractivity contribution >= 4 is 16.1 Å². The van der Waals surface area contributed by atoms with Crippen LogP contribution in [-0.4, -0.2) is 22.1 Å². The number of hydrogen-bond donors (Lipinski definition) is 1. The molecule has 2 aromatic carbocycles. The van der Waals surface area contributed by atoms with Crippen molar-refractivity contribution in [1.82, 2.24) is 4.72 Å². The van der Waals surface area contributed by atoms with Crippen molar-refractivity contribution in [3.8, 4) is 0 Å². The van der Waals surface area contributed by atoms with Crippen LogP contribution >= 0.6 is 0 Å². The van der Waals surface area contributed by atoms with Crippen molar-refractivity contribution in [2.24, 2.45) is 0 Å². The van der Waals surface area contributed by atoms with Crippen LogP contribution in [0.25, 0.3) is 6.08 Å². The number of sulfonamides is 1. The quantitative estimate of drug-likeness (QED) is 0.846. The molecule has 1 atom stereocenters. The van der Waals surface area contributed by atoms with Crippen LogP contribution < -0.4 is 4.72 Å². The van der Waals surface area contributed by atoms with Gasteiger partial charge in [0.15, 0.2) is 0 Å². The molecule has 0 spiro atoms. The van der Waals surface area contributed by atoms with Gasteiger partial charge in [0.25, 0.3) is 0 Å². The molecule has 0 aliphatic rings. The SMILES string of the molecule is COC(CNS(=O)(=O)C=Cc1ccccc1)c1cccc(F)c1. The zero-order valence-electron chi connectivity index (χ0n) is 12.6. The highest BCUT2D eigenvalue weighted by molar-refractivity contribution is 7.92. The summed E-state index contributed by atoms with van der Waals surface area (Å²) in [6, 6.07) is 15.0. The zero-order chi connectivity index (χ0) is 16.7. The van der Waals surface area contributed by atoms with Gasteiger partial charge in [-0.3, -0.25) is 0 Å². The number of rotatable bonds is 7. The van der Waals surface area contributed by atoms with Gasteiger partial charge in [-0.25, -0.2) is 17.5 Å². The van der Waals surface area contributed by atoms with E-state index in [9.17, 15) is 12.8 Å². The Hall–Kier alpha value is -2.02. The second kappa shape index (κ2) is 8.01. The van der Waals surface area contributed by atoms with E-state index in [4.69, 9.17) is 4.74 Å². The maximum absolute atomic E-state index is 13.2. The first-order valence-electron chi connectivity index (χ1n) is 7.01. The second-order valence-electron chi connectivity index (χ2n) is 4.89. The molecule has 6 heteroatoms. The molecule has 0 heterocycles. The van der Waals surface area contributed by atoms with E-state index in [1.54, 1.807) is 24.3 Å². The Labute approximate surface area is 135 Å². The Morgan fingerprint density at radius 3 is 2.57 bits per heavy atom. The van der Waals surface area contributed by atoms with Crippen LogP contribution in [-0.2, 0) is 14.8 Å². The third kappa shape index (κ3) is 5.59. The van der Waals surface area contributed by atoms with E-state index in [-0.39, 0.29) is 6.54 Å². The average Bonchev–Trinajstić information content (AvgIpc) is 2.55. The minimum atomic E-state index is -3.61. The first-order chi connectivity index (χ1) is 11.0. The monoisotopic (exact) mass is 335 g/mol. The van der Waals surface area contributed by atoms with Crippen molar-refractivity contribution in [2.45, 2.75) is 6.10 Å². The average molecular weight is 335 g/mol. The zero-order valence-corrected chi connectivity index (χ0v) is 13.5. The molecule has 0 saturated carbocycles. The number of nitrogens with one attached hydrogen (secondary N) is 1. The lowest BCUT2D eigenvalue weighted by Crippen LogP contribution is -2.27. The van der Waals surface area contributed by atoms with E-state index in [1.807, 2.05) is 18.2 Å². The molecule has 122 valence electrons. The summed E-state index contributed by atoms with van der Waals surface area (Å²) in [4.78, 5) is 0. The molecule has 0 saturated heterocycles. The molecule has 0 aliphatic heterocycles. The fraction of sp³-hybridized carbons (Fsp3) is 0.176. The molecule has 2 aromatic rings. The summed E-state index contributed by atoms with van der Waals surface area (Å²) in [6.45, 7) is 0.0153. The highest BCUT2D eigenvalue weighted by Crippen LogP contribution is 2.17. The van der Waals surface area contributed by atoms with Gasteiger partial charge in [0.2, 0.25) is 10.0 Å². The summed E-state index contributed by atoms with van der Waals surface area (Å²) in [7, 11) is -2.16. The highest BCUT2D eigenvalue weighted by Gasteiger charge is 2.14. The molecule has 0 aliphatic carbocycles. The van der Waals surface area contributed by atoms with Crippen LogP contribution in [0.5, 0.6) is 0 Å². The minimum Gasteiger partial charge on any atom is -0.375 e. The van der Waals surface area contributed by atoms with Gasteiger partial charge < -0.3 is 4.74 Å². The van der Waals surface area contributed by atoms with Crippen molar-refractivity contribution in [3.63, 3.8) is 0 Å². The molecule has 0 amide bonds. The molecular formula is C17H18FNO3S. The topological polar surface area (TPSA) is 55.4 Å². The van der Waals surface area contributed by atoms with Crippen LogP contribution in [0.1, 0.15) is 17.2 Å². The molecular weight excluding hydrogens is 317 g/mol. The van der Waals surface area contributed by atoms with Crippen molar-refractivity contribution in [2.75, 3.05) is 13.7 Å². The Morgan fingerprint density at radius 2 is 1.91 bits per heavy atom. The first-order valence-corrected chi connectivity index (χ1v) is 8.56. The minimum absolute atomic E-state index is 0.0153. The normalized spacial score (nSPS) is 13.3. The molecule has 1 N–H and O–H groups in total.